The zero-order chi connectivity index (χ0) is 14.7. The second kappa shape index (κ2) is 6.67. The van der Waals surface area contributed by atoms with E-state index < -0.39 is 0 Å². The molecule has 3 unspecified atom stereocenters. The molecule has 4 nitrogen and oxygen atoms in total. The first-order valence-corrected chi connectivity index (χ1v) is 7.96. The summed E-state index contributed by atoms with van der Waals surface area (Å²) >= 11 is 0. The maximum absolute atomic E-state index is 5.67. The van der Waals surface area contributed by atoms with E-state index in [1.807, 2.05) is 13.2 Å². The second-order valence-corrected chi connectivity index (χ2v) is 5.96. The molecule has 1 saturated carbocycles. The van der Waals surface area contributed by atoms with Crippen molar-refractivity contribution in [3.8, 4) is 11.5 Å². The molecule has 0 saturated heterocycles. The van der Waals surface area contributed by atoms with E-state index in [0.717, 1.165) is 17.9 Å². The van der Waals surface area contributed by atoms with Crippen LogP contribution < -0.4 is 14.8 Å². The van der Waals surface area contributed by atoms with Crippen LogP contribution in [0.2, 0.25) is 0 Å². The first-order valence-electron chi connectivity index (χ1n) is 7.96. The van der Waals surface area contributed by atoms with Gasteiger partial charge in [0.2, 0.25) is 0 Å². The summed E-state index contributed by atoms with van der Waals surface area (Å²) in [6, 6.07) is 6.94. The SMILES string of the molecule is COC1CCCCC1NC(C)c1ccc2c(c1)OCCO2. The summed E-state index contributed by atoms with van der Waals surface area (Å²) in [6.07, 6.45) is 5.23. The molecule has 1 aromatic rings. The highest BCUT2D eigenvalue weighted by Crippen LogP contribution is 2.33. The first kappa shape index (κ1) is 14.7. The van der Waals surface area contributed by atoms with Crippen molar-refractivity contribution in [3.05, 3.63) is 23.8 Å². The number of methoxy groups -OCH3 is 1. The Labute approximate surface area is 126 Å². The van der Waals surface area contributed by atoms with Gasteiger partial charge in [-0.15, -0.1) is 0 Å². The highest BCUT2D eigenvalue weighted by atomic mass is 16.6. The molecule has 1 aromatic carbocycles. The van der Waals surface area contributed by atoms with Gasteiger partial charge in [0.05, 0.1) is 6.10 Å². The average molecular weight is 291 g/mol. The van der Waals surface area contributed by atoms with Crippen LogP contribution in [0.4, 0.5) is 0 Å². The van der Waals surface area contributed by atoms with Crippen LogP contribution in [0, 0.1) is 0 Å². The monoisotopic (exact) mass is 291 g/mol. The Morgan fingerprint density at radius 2 is 1.90 bits per heavy atom. The van der Waals surface area contributed by atoms with Gasteiger partial charge in [-0.2, -0.15) is 0 Å². The van der Waals surface area contributed by atoms with Gasteiger partial charge in [0.25, 0.3) is 0 Å². The lowest BCUT2D eigenvalue weighted by molar-refractivity contribution is 0.0383. The van der Waals surface area contributed by atoms with Crippen molar-refractivity contribution in [2.75, 3.05) is 20.3 Å². The van der Waals surface area contributed by atoms with Crippen LogP contribution in [0.3, 0.4) is 0 Å². The molecule has 0 radical (unpaired) electrons. The number of ether oxygens (including phenoxy) is 3. The molecule has 1 N–H and O–H groups in total. The maximum atomic E-state index is 5.67. The summed E-state index contributed by atoms with van der Waals surface area (Å²) in [7, 11) is 1.82. The van der Waals surface area contributed by atoms with Crippen molar-refractivity contribution in [3.63, 3.8) is 0 Å². The van der Waals surface area contributed by atoms with Gasteiger partial charge in [-0.25, -0.2) is 0 Å². The summed E-state index contributed by atoms with van der Waals surface area (Å²) in [5.41, 5.74) is 1.24. The minimum Gasteiger partial charge on any atom is -0.486 e. The van der Waals surface area contributed by atoms with Gasteiger partial charge in [0.15, 0.2) is 11.5 Å². The largest absolute Gasteiger partial charge is 0.486 e. The Balaban J connectivity index is 1.68. The third kappa shape index (κ3) is 3.33. The lowest BCUT2D eigenvalue weighted by Crippen LogP contribution is -2.44. The third-order valence-electron chi connectivity index (χ3n) is 4.54. The van der Waals surface area contributed by atoms with Crippen LogP contribution in [0.1, 0.15) is 44.2 Å². The molecule has 0 amide bonds. The Morgan fingerprint density at radius 1 is 1.14 bits per heavy atom. The van der Waals surface area contributed by atoms with E-state index in [4.69, 9.17) is 14.2 Å². The fraction of sp³-hybridized carbons (Fsp3) is 0.647. The van der Waals surface area contributed by atoms with E-state index >= 15 is 0 Å². The van der Waals surface area contributed by atoms with Gasteiger partial charge >= 0.3 is 0 Å². The molecule has 4 heteroatoms. The Bertz CT molecular complexity index is 477. The molecule has 116 valence electrons. The molecule has 1 aliphatic carbocycles. The van der Waals surface area contributed by atoms with Crippen molar-refractivity contribution in [1.29, 1.82) is 0 Å². The lowest BCUT2D eigenvalue weighted by atomic mass is 9.91. The molecule has 1 heterocycles. The molecule has 3 atom stereocenters. The predicted octanol–water partition coefficient (Wildman–Crippen LogP) is 3.07. The van der Waals surface area contributed by atoms with Crippen molar-refractivity contribution < 1.29 is 14.2 Å². The summed E-state index contributed by atoms with van der Waals surface area (Å²) < 4.78 is 16.9. The fourth-order valence-corrected chi connectivity index (χ4v) is 3.32. The molecule has 0 spiro atoms. The Morgan fingerprint density at radius 3 is 2.71 bits per heavy atom. The molecule has 1 aliphatic heterocycles. The maximum Gasteiger partial charge on any atom is 0.161 e. The second-order valence-electron chi connectivity index (χ2n) is 5.96. The topological polar surface area (TPSA) is 39.7 Å². The van der Waals surface area contributed by atoms with E-state index in [1.165, 1.54) is 24.8 Å². The molecule has 3 rings (SSSR count). The quantitative estimate of drug-likeness (QED) is 0.925. The molecule has 0 bridgehead atoms. The number of fused-ring (bicyclic) bond motifs is 1. The Hall–Kier alpha value is -1.26. The average Bonchev–Trinajstić information content (AvgIpc) is 2.55. The van der Waals surface area contributed by atoms with Gasteiger partial charge in [-0.05, 0) is 37.5 Å². The van der Waals surface area contributed by atoms with E-state index in [1.54, 1.807) is 0 Å². The van der Waals surface area contributed by atoms with Crippen LogP contribution in [-0.2, 0) is 4.74 Å². The minimum atomic E-state index is 0.279. The smallest absolute Gasteiger partial charge is 0.161 e. The first-order chi connectivity index (χ1) is 10.3. The molecular weight excluding hydrogens is 266 g/mol. The highest BCUT2D eigenvalue weighted by Gasteiger charge is 2.26. The van der Waals surface area contributed by atoms with Gasteiger partial charge in [0, 0.05) is 19.2 Å². The zero-order valence-corrected chi connectivity index (χ0v) is 12.9. The third-order valence-corrected chi connectivity index (χ3v) is 4.54. The molecular formula is C17H25NO3. The van der Waals surface area contributed by atoms with Crippen molar-refractivity contribution in [2.24, 2.45) is 0 Å². The van der Waals surface area contributed by atoms with Gasteiger partial charge < -0.3 is 19.5 Å². The summed E-state index contributed by atoms with van der Waals surface area (Å²) in [5.74, 6) is 1.71. The molecule has 1 fully saturated rings. The molecule has 21 heavy (non-hydrogen) atoms. The minimum absolute atomic E-state index is 0.279. The van der Waals surface area contributed by atoms with Gasteiger partial charge in [0.1, 0.15) is 13.2 Å². The Kier molecular flexibility index (Phi) is 4.66. The molecule has 0 aromatic heterocycles. The van der Waals surface area contributed by atoms with E-state index in [2.05, 4.69) is 24.4 Å². The number of hydrogen-bond acceptors (Lipinski definition) is 4. The molecule has 2 aliphatic rings. The van der Waals surface area contributed by atoms with Crippen molar-refractivity contribution in [2.45, 2.75) is 50.8 Å². The summed E-state index contributed by atoms with van der Waals surface area (Å²) in [4.78, 5) is 0. The normalized spacial score (nSPS) is 26.4. The van der Waals surface area contributed by atoms with Crippen LogP contribution in [0.5, 0.6) is 11.5 Å². The van der Waals surface area contributed by atoms with Gasteiger partial charge in [-0.1, -0.05) is 18.9 Å². The standard InChI is InChI=1S/C17H25NO3/c1-12(18-14-5-3-4-6-15(14)19-2)13-7-8-16-17(11-13)21-10-9-20-16/h7-8,11-12,14-15,18H,3-6,9-10H2,1-2H3. The van der Waals surface area contributed by atoms with Gasteiger partial charge in [-0.3, -0.25) is 0 Å². The van der Waals surface area contributed by atoms with Crippen LogP contribution in [0.25, 0.3) is 0 Å². The van der Waals surface area contributed by atoms with E-state index in [-0.39, 0.29) is 6.04 Å². The van der Waals surface area contributed by atoms with Crippen LogP contribution >= 0.6 is 0 Å². The van der Waals surface area contributed by atoms with Crippen LogP contribution in [0.15, 0.2) is 18.2 Å². The predicted molar refractivity (Wildman–Crippen MR) is 82.0 cm³/mol. The van der Waals surface area contributed by atoms with Crippen LogP contribution in [-0.4, -0.2) is 32.5 Å². The number of benzene rings is 1. The zero-order valence-electron chi connectivity index (χ0n) is 12.9. The number of rotatable bonds is 4. The van der Waals surface area contributed by atoms with Crippen molar-refractivity contribution >= 4 is 0 Å². The fourth-order valence-electron chi connectivity index (χ4n) is 3.32. The summed E-state index contributed by atoms with van der Waals surface area (Å²) in [5, 5.41) is 3.72. The van der Waals surface area contributed by atoms with E-state index in [9.17, 15) is 0 Å². The van der Waals surface area contributed by atoms with Crippen molar-refractivity contribution in [1.82, 2.24) is 5.32 Å². The number of nitrogens with one attached hydrogen (secondary N) is 1. The number of hydrogen-bond donors (Lipinski definition) is 1. The summed E-state index contributed by atoms with van der Waals surface area (Å²) in [6.45, 7) is 3.47. The van der Waals surface area contributed by atoms with E-state index in [0.29, 0.717) is 25.4 Å². The lowest BCUT2D eigenvalue weighted by Gasteiger charge is -2.33. The highest BCUT2D eigenvalue weighted by molar-refractivity contribution is 5.44.